The summed E-state index contributed by atoms with van der Waals surface area (Å²) in [6.45, 7) is 3.94. The summed E-state index contributed by atoms with van der Waals surface area (Å²) in [6, 6.07) is 16.1. The molecule has 4 rings (SSSR count). The molecule has 0 aromatic heterocycles. The maximum absolute atomic E-state index is 13.9. The maximum Gasteiger partial charge on any atom is 0.243 e. The Morgan fingerprint density at radius 1 is 0.974 bits per heavy atom. The number of nitrogens with zero attached hydrogens (tertiary/aromatic N) is 2. The lowest BCUT2D eigenvalue weighted by Crippen LogP contribution is -2.52. The van der Waals surface area contributed by atoms with E-state index in [-0.39, 0.29) is 61.0 Å². The van der Waals surface area contributed by atoms with Crippen LogP contribution in [0.1, 0.15) is 44.2 Å². The van der Waals surface area contributed by atoms with Crippen LogP contribution in [0.4, 0.5) is 0 Å². The number of methoxy groups -OCH3 is 1. The molecule has 2 aliphatic rings. The standard InChI is InChI=1S/C31H37N3O5/c1-21(2)32-29(36)27(19-22-10-5-4-6-11-22)34(20-23-12-9-13-24(18-23)39-3)28(35)16-17-33-30(37)25-14-7-8-15-26(25)31(33)38/h4-13,18,21,25-27H,14-17,19-20H2,1-3H3,(H,32,36)/t25-,26+,27?. The number of amides is 4. The van der Waals surface area contributed by atoms with Gasteiger partial charge in [0.15, 0.2) is 0 Å². The molecule has 1 saturated heterocycles. The summed E-state index contributed by atoms with van der Waals surface area (Å²) in [5.41, 5.74) is 1.73. The van der Waals surface area contributed by atoms with Crippen molar-refractivity contribution in [1.29, 1.82) is 0 Å². The average Bonchev–Trinajstić information content (AvgIpc) is 3.18. The summed E-state index contributed by atoms with van der Waals surface area (Å²) in [6.07, 6.45) is 5.25. The fourth-order valence-corrected chi connectivity index (χ4v) is 5.34. The Morgan fingerprint density at radius 2 is 1.62 bits per heavy atom. The number of carbonyl (C=O) groups excluding carboxylic acids is 4. The van der Waals surface area contributed by atoms with E-state index in [0.29, 0.717) is 25.0 Å². The van der Waals surface area contributed by atoms with Gasteiger partial charge in [0.2, 0.25) is 23.6 Å². The van der Waals surface area contributed by atoms with E-state index >= 15 is 0 Å². The third kappa shape index (κ3) is 6.74. The van der Waals surface area contributed by atoms with Gasteiger partial charge in [-0.2, -0.15) is 0 Å². The molecule has 8 heteroatoms. The normalized spacial score (nSPS) is 19.1. The first-order chi connectivity index (χ1) is 18.8. The number of fused-ring (bicyclic) bond motifs is 1. The molecule has 8 nitrogen and oxygen atoms in total. The minimum atomic E-state index is -0.787. The molecular weight excluding hydrogens is 494 g/mol. The van der Waals surface area contributed by atoms with Gasteiger partial charge >= 0.3 is 0 Å². The minimum absolute atomic E-state index is 0.00195. The molecule has 0 saturated carbocycles. The molecule has 1 heterocycles. The lowest BCUT2D eigenvalue weighted by Gasteiger charge is -2.32. The number of allylic oxidation sites excluding steroid dienone is 2. The van der Waals surface area contributed by atoms with Crippen molar-refractivity contribution in [3.63, 3.8) is 0 Å². The van der Waals surface area contributed by atoms with E-state index in [2.05, 4.69) is 5.32 Å². The van der Waals surface area contributed by atoms with Gasteiger partial charge in [-0.3, -0.25) is 24.1 Å². The number of hydrogen-bond acceptors (Lipinski definition) is 5. The quantitative estimate of drug-likeness (QED) is 0.354. The van der Waals surface area contributed by atoms with E-state index in [1.54, 1.807) is 12.0 Å². The second kappa shape index (κ2) is 12.7. The zero-order chi connectivity index (χ0) is 27.9. The Morgan fingerprint density at radius 3 is 2.23 bits per heavy atom. The molecule has 0 bridgehead atoms. The van der Waals surface area contributed by atoms with Crippen LogP contribution in [0.5, 0.6) is 5.75 Å². The Hall–Kier alpha value is -3.94. The van der Waals surface area contributed by atoms with Gasteiger partial charge in [0.1, 0.15) is 11.8 Å². The summed E-state index contributed by atoms with van der Waals surface area (Å²) in [5, 5.41) is 2.97. The fourth-order valence-electron chi connectivity index (χ4n) is 5.34. The molecule has 1 aliphatic carbocycles. The van der Waals surface area contributed by atoms with Crippen LogP contribution in [0.25, 0.3) is 0 Å². The second-order valence-electron chi connectivity index (χ2n) is 10.5. The summed E-state index contributed by atoms with van der Waals surface area (Å²) in [4.78, 5) is 56.1. The highest BCUT2D eigenvalue weighted by molar-refractivity contribution is 6.05. The van der Waals surface area contributed by atoms with Gasteiger partial charge in [0.25, 0.3) is 0 Å². The van der Waals surface area contributed by atoms with Crippen LogP contribution in [0.2, 0.25) is 0 Å². The molecule has 1 aliphatic heterocycles. The Balaban J connectivity index is 1.60. The number of carbonyl (C=O) groups is 4. The Bertz CT molecular complexity index is 1200. The van der Waals surface area contributed by atoms with Crippen LogP contribution >= 0.6 is 0 Å². The van der Waals surface area contributed by atoms with Crippen LogP contribution in [-0.2, 0) is 32.1 Å². The highest BCUT2D eigenvalue weighted by Gasteiger charge is 2.47. The van der Waals surface area contributed by atoms with Crippen molar-refractivity contribution in [3.05, 3.63) is 77.9 Å². The smallest absolute Gasteiger partial charge is 0.243 e. The number of rotatable bonds is 11. The molecular formula is C31H37N3O5. The van der Waals surface area contributed by atoms with Gasteiger partial charge in [-0.25, -0.2) is 0 Å². The largest absolute Gasteiger partial charge is 0.497 e. The van der Waals surface area contributed by atoms with Gasteiger partial charge < -0.3 is 15.0 Å². The van der Waals surface area contributed by atoms with Crippen molar-refractivity contribution >= 4 is 23.6 Å². The zero-order valence-corrected chi connectivity index (χ0v) is 22.8. The molecule has 0 spiro atoms. The number of likely N-dealkylation sites (tertiary alicyclic amines) is 1. The predicted molar refractivity (Wildman–Crippen MR) is 147 cm³/mol. The van der Waals surface area contributed by atoms with E-state index in [1.807, 2.05) is 80.6 Å². The number of nitrogens with one attached hydrogen (secondary N) is 1. The molecule has 1 fully saturated rings. The second-order valence-corrected chi connectivity index (χ2v) is 10.5. The van der Waals surface area contributed by atoms with Crippen molar-refractivity contribution in [2.75, 3.05) is 13.7 Å². The first-order valence-electron chi connectivity index (χ1n) is 13.6. The summed E-state index contributed by atoms with van der Waals surface area (Å²) >= 11 is 0. The SMILES string of the molecule is COc1cccc(CN(C(=O)CCN2C(=O)[C@H]3CC=CC[C@H]3C2=O)C(Cc2ccccc2)C(=O)NC(C)C)c1. The molecule has 0 radical (unpaired) electrons. The zero-order valence-electron chi connectivity index (χ0n) is 22.8. The number of benzene rings is 2. The summed E-state index contributed by atoms with van der Waals surface area (Å²) < 4.78 is 5.37. The minimum Gasteiger partial charge on any atom is -0.497 e. The van der Waals surface area contributed by atoms with Crippen LogP contribution < -0.4 is 10.1 Å². The van der Waals surface area contributed by atoms with Crippen LogP contribution in [0.3, 0.4) is 0 Å². The number of imide groups is 1. The average molecular weight is 532 g/mol. The van der Waals surface area contributed by atoms with Crippen molar-refractivity contribution in [3.8, 4) is 5.75 Å². The molecule has 206 valence electrons. The fraction of sp³-hybridized carbons (Fsp3) is 0.419. The molecule has 4 amide bonds. The highest BCUT2D eigenvalue weighted by Crippen LogP contribution is 2.35. The van der Waals surface area contributed by atoms with Crippen molar-refractivity contribution in [2.45, 2.75) is 58.2 Å². The third-order valence-corrected chi connectivity index (χ3v) is 7.34. The summed E-state index contributed by atoms with van der Waals surface area (Å²) in [7, 11) is 1.58. The van der Waals surface area contributed by atoms with Gasteiger partial charge in [0.05, 0.1) is 18.9 Å². The van der Waals surface area contributed by atoms with E-state index in [4.69, 9.17) is 4.74 Å². The topological polar surface area (TPSA) is 96.0 Å². The summed E-state index contributed by atoms with van der Waals surface area (Å²) in [5.74, 6) is -1.00. The van der Waals surface area contributed by atoms with E-state index in [1.165, 1.54) is 4.90 Å². The lowest BCUT2D eigenvalue weighted by molar-refractivity contribution is -0.144. The third-order valence-electron chi connectivity index (χ3n) is 7.34. The maximum atomic E-state index is 13.9. The van der Waals surface area contributed by atoms with Crippen LogP contribution in [0, 0.1) is 11.8 Å². The molecule has 1 unspecified atom stereocenters. The van der Waals surface area contributed by atoms with Crippen LogP contribution in [0.15, 0.2) is 66.7 Å². The number of ether oxygens (including phenoxy) is 1. The van der Waals surface area contributed by atoms with Gasteiger partial charge in [-0.15, -0.1) is 0 Å². The van der Waals surface area contributed by atoms with Gasteiger partial charge in [-0.1, -0.05) is 54.6 Å². The van der Waals surface area contributed by atoms with E-state index in [0.717, 1.165) is 11.1 Å². The number of hydrogen-bond donors (Lipinski definition) is 1. The lowest BCUT2D eigenvalue weighted by atomic mass is 9.85. The first-order valence-corrected chi connectivity index (χ1v) is 13.6. The van der Waals surface area contributed by atoms with Gasteiger partial charge in [-0.05, 0) is 49.9 Å². The molecule has 39 heavy (non-hydrogen) atoms. The predicted octanol–water partition coefficient (Wildman–Crippen LogP) is 3.50. The van der Waals surface area contributed by atoms with Crippen molar-refractivity contribution in [1.82, 2.24) is 15.1 Å². The highest BCUT2D eigenvalue weighted by atomic mass is 16.5. The monoisotopic (exact) mass is 531 g/mol. The molecule has 2 aromatic carbocycles. The van der Waals surface area contributed by atoms with Crippen molar-refractivity contribution < 1.29 is 23.9 Å². The van der Waals surface area contributed by atoms with Crippen LogP contribution in [-0.4, -0.2) is 59.2 Å². The van der Waals surface area contributed by atoms with E-state index < -0.39 is 6.04 Å². The van der Waals surface area contributed by atoms with E-state index in [9.17, 15) is 19.2 Å². The molecule has 2 aromatic rings. The van der Waals surface area contributed by atoms with Gasteiger partial charge in [0, 0.05) is 32.0 Å². The van der Waals surface area contributed by atoms with Crippen molar-refractivity contribution in [2.24, 2.45) is 11.8 Å². The Labute approximate surface area is 230 Å². The molecule has 3 atom stereocenters. The first kappa shape index (κ1) is 28.1. The Kier molecular flexibility index (Phi) is 9.17. The molecule has 1 N–H and O–H groups in total.